The highest BCUT2D eigenvalue weighted by Crippen LogP contribution is 2.34. The minimum Gasteiger partial charge on any atom is -0.345 e. The van der Waals surface area contributed by atoms with Gasteiger partial charge in [-0.15, -0.1) is 22.9 Å². The van der Waals surface area contributed by atoms with Crippen molar-refractivity contribution in [3.05, 3.63) is 20.8 Å². The van der Waals surface area contributed by atoms with E-state index in [2.05, 4.69) is 28.2 Å². The summed E-state index contributed by atoms with van der Waals surface area (Å²) in [5.74, 6) is 1.13. The Morgan fingerprint density at radius 3 is 3.00 bits per heavy atom. The zero-order valence-electron chi connectivity index (χ0n) is 10.3. The summed E-state index contributed by atoms with van der Waals surface area (Å²) in [5.41, 5.74) is -0.216. The van der Waals surface area contributed by atoms with E-state index in [4.69, 9.17) is 11.6 Å². The largest absolute Gasteiger partial charge is 0.345 e. The summed E-state index contributed by atoms with van der Waals surface area (Å²) in [6.45, 7) is 2.23. The predicted molar refractivity (Wildman–Crippen MR) is 80.6 cm³/mol. The van der Waals surface area contributed by atoms with Gasteiger partial charge < -0.3 is 5.32 Å². The molecule has 0 aliphatic heterocycles. The third kappa shape index (κ3) is 3.28. The minimum absolute atomic E-state index is 0.000417. The Kier molecular flexibility index (Phi) is 4.73. The molecule has 5 heteroatoms. The number of halogens is 2. The molecular formula is C13H17BrClNOS. The van der Waals surface area contributed by atoms with Crippen LogP contribution in [0.15, 0.2) is 15.9 Å². The van der Waals surface area contributed by atoms with Crippen LogP contribution in [-0.4, -0.2) is 17.3 Å². The van der Waals surface area contributed by atoms with Crippen LogP contribution >= 0.6 is 38.9 Å². The minimum atomic E-state index is -0.216. The average molecular weight is 351 g/mol. The summed E-state index contributed by atoms with van der Waals surface area (Å²) < 4.78 is 0.976. The third-order valence-corrected chi connectivity index (χ3v) is 5.66. The van der Waals surface area contributed by atoms with E-state index in [0.717, 1.165) is 27.9 Å². The zero-order valence-corrected chi connectivity index (χ0v) is 13.5. The first-order valence-corrected chi connectivity index (χ1v) is 8.33. The number of hydrogen-bond donors (Lipinski definition) is 1. The van der Waals surface area contributed by atoms with Gasteiger partial charge in [0.1, 0.15) is 0 Å². The van der Waals surface area contributed by atoms with E-state index in [9.17, 15) is 4.79 Å². The fourth-order valence-corrected chi connectivity index (χ4v) is 4.26. The second-order valence-corrected chi connectivity index (χ2v) is 7.90. The third-order valence-electron chi connectivity index (χ3n) is 3.52. The van der Waals surface area contributed by atoms with Gasteiger partial charge in [0, 0.05) is 5.88 Å². The fourth-order valence-electron chi connectivity index (χ4n) is 2.67. The van der Waals surface area contributed by atoms with E-state index in [1.165, 1.54) is 17.8 Å². The molecule has 1 heterocycles. The number of nitrogens with one attached hydrogen (secondary N) is 1. The van der Waals surface area contributed by atoms with E-state index in [0.29, 0.717) is 11.8 Å². The maximum absolute atomic E-state index is 12.2. The van der Waals surface area contributed by atoms with Crippen molar-refractivity contribution in [3.8, 4) is 0 Å². The van der Waals surface area contributed by atoms with E-state index >= 15 is 0 Å². The molecule has 0 spiro atoms. The lowest BCUT2D eigenvalue weighted by molar-refractivity contribution is 0.0871. The molecule has 2 atom stereocenters. The van der Waals surface area contributed by atoms with Gasteiger partial charge in [0.2, 0.25) is 0 Å². The van der Waals surface area contributed by atoms with Crippen molar-refractivity contribution in [1.29, 1.82) is 0 Å². The summed E-state index contributed by atoms with van der Waals surface area (Å²) in [6.07, 6.45) is 4.34. The van der Waals surface area contributed by atoms with Crippen LogP contribution in [0.5, 0.6) is 0 Å². The fraction of sp³-hybridized carbons (Fsp3) is 0.615. The predicted octanol–water partition coefficient (Wildman–Crippen LogP) is 4.43. The molecule has 1 aromatic heterocycles. The molecule has 2 unspecified atom stereocenters. The van der Waals surface area contributed by atoms with Gasteiger partial charge in [-0.3, -0.25) is 4.79 Å². The standard InChI is InChI=1S/C13H17BrClNOS/c1-9-3-2-6-13(7-9,8-15)16-12(17)10-4-5-11(14)18-10/h4-5,9H,2-3,6-8H2,1H3,(H,16,17). The molecule has 0 aromatic carbocycles. The topological polar surface area (TPSA) is 29.1 Å². The number of rotatable bonds is 3. The molecule has 0 saturated heterocycles. The molecular weight excluding hydrogens is 334 g/mol. The molecule has 1 fully saturated rings. The average Bonchev–Trinajstić information content (AvgIpc) is 2.76. The Balaban J connectivity index is 2.08. The number of thiophene rings is 1. The number of carbonyl (C=O) groups excluding carboxylic acids is 1. The van der Waals surface area contributed by atoms with Gasteiger partial charge in [-0.05, 0) is 46.8 Å². The smallest absolute Gasteiger partial charge is 0.261 e. The monoisotopic (exact) mass is 349 g/mol. The highest BCUT2D eigenvalue weighted by molar-refractivity contribution is 9.11. The van der Waals surface area contributed by atoms with Crippen LogP contribution in [-0.2, 0) is 0 Å². The molecule has 1 saturated carbocycles. The Morgan fingerprint density at radius 2 is 2.44 bits per heavy atom. The van der Waals surface area contributed by atoms with Crippen molar-refractivity contribution in [1.82, 2.24) is 5.32 Å². The van der Waals surface area contributed by atoms with Crippen molar-refractivity contribution in [2.75, 3.05) is 5.88 Å². The second-order valence-electron chi connectivity index (χ2n) is 5.17. The molecule has 0 radical (unpaired) electrons. The normalized spacial score (nSPS) is 28.1. The SMILES string of the molecule is CC1CCCC(CCl)(NC(=O)c2ccc(Br)s2)C1. The van der Waals surface area contributed by atoms with Crippen LogP contribution in [0.1, 0.15) is 42.3 Å². The van der Waals surface area contributed by atoms with E-state index in [1.54, 1.807) is 0 Å². The van der Waals surface area contributed by atoms with Crippen LogP contribution in [0.25, 0.3) is 0 Å². The van der Waals surface area contributed by atoms with Gasteiger partial charge in [-0.2, -0.15) is 0 Å². The van der Waals surface area contributed by atoms with Gasteiger partial charge in [0.05, 0.1) is 14.2 Å². The van der Waals surface area contributed by atoms with Crippen LogP contribution < -0.4 is 5.32 Å². The summed E-state index contributed by atoms with van der Waals surface area (Å²) in [6, 6.07) is 3.74. The number of amides is 1. The van der Waals surface area contributed by atoms with Gasteiger partial charge in [-0.1, -0.05) is 19.8 Å². The van der Waals surface area contributed by atoms with E-state index < -0.39 is 0 Å². The summed E-state index contributed by atoms with van der Waals surface area (Å²) >= 11 is 11.0. The maximum atomic E-state index is 12.2. The van der Waals surface area contributed by atoms with Crippen LogP contribution in [0, 0.1) is 5.92 Å². The van der Waals surface area contributed by atoms with E-state index in [-0.39, 0.29) is 11.4 Å². The Morgan fingerprint density at radius 1 is 1.67 bits per heavy atom. The lowest BCUT2D eigenvalue weighted by Crippen LogP contribution is -2.52. The maximum Gasteiger partial charge on any atom is 0.261 e. The van der Waals surface area contributed by atoms with Crippen LogP contribution in [0.4, 0.5) is 0 Å². The molecule has 2 nitrogen and oxygen atoms in total. The van der Waals surface area contributed by atoms with Gasteiger partial charge >= 0.3 is 0 Å². The van der Waals surface area contributed by atoms with E-state index in [1.807, 2.05) is 12.1 Å². The number of alkyl halides is 1. The first-order valence-electron chi connectivity index (χ1n) is 6.18. The molecule has 2 rings (SSSR count). The number of hydrogen-bond acceptors (Lipinski definition) is 2. The zero-order chi connectivity index (χ0) is 13.2. The first kappa shape index (κ1) is 14.4. The second kappa shape index (κ2) is 5.93. The molecule has 0 bridgehead atoms. The van der Waals surface area contributed by atoms with Crippen molar-refractivity contribution >= 4 is 44.8 Å². The van der Waals surface area contributed by atoms with Gasteiger partial charge in [0.25, 0.3) is 5.91 Å². The van der Waals surface area contributed by atoms with Gasteiger partial charge in [0.15, 0.2) is 0 Å². The lowest BCUT2D eigenvalue weighted by Gasteiger charge is -2.39. The van der Waals surface area contributed by atoms with Crippen molar-refractivity contribution in [2.45, 2.75) is 38.1 Å². The van der Waals surface area contributed by atoms with Crippen molar-refractivity contribution in [2.24, 2.45) is 5.92 Å². The number of carbonyl (C=O) groups is 1. The molecule has 1 N–H and O–H groups in total. The van der Waals surface area contributed by atoms with Crippen molar-refractivity contribution < 1.29 is 4.79 Å². The molecule has 100 valence electrons. The highest BCUT2D eigenvalue weighted by atomic mass is 79.9. The Labute approximate surface area is 125 Å². The molecule has 1 aliphatic carbocycles. The lowest BCUT2D eigenvalue weighted by atomic mass is 9.77. The Bertz CT molecular complexity index is 436. The molecule has 18 heavy (non-hydrogen) atoms. The Hall–Kier alpha value is -0.0600. The summed E-state index contributed by atoms with van der Waals surface area (Å²) in [5, 5.41) is 3.16. The molecule has 1 amide bonds. The summed E-state index contributed by atoms with van der Waals surface area (Å²) in [4.78, 5) is 13.0. The van der Waals surface area contributed by atoms with Crippen molar-refractivity contribution in [3.63, 3.8) is 0 Å². The summed E-state index contributed by atoms with van der Waals surface area (Å²) in [7, 11) is 0. The van der Waals surface area contributed by atoms with Crippen LogP contribution in [0.2, 0.25) is 0 Å². The first-order chi connectivity index (χ1) is 8.54. The highest BCUT2D eigenvalue weighted by Gasteiger charge is 2.35. The van der Waals surface area contributed by atoms with Crippen LogP contribution in [0.3, 0.4) is 0 Å². The molecule has 1 aromatic rings. The van der Waals surface area contributed by atoms with Gasteiger partial charge in [-0.25, -0.2) is 0 Å². The molecule has 1 aliphatic rings. The quantitative estimate of drug-likeness (QED) is 0.803.